The zero-order valence-corrected chi connectivity index (χ0v) is 8.90. The third-order valence-corrected chi connectivity index (χ3v) is 2.13. The van der Waals surface area contributed by atoms with Gasteiger partial charge >= 0.3 is 0 Å². The third kappa shape index (κ3) is 3.51. The van der Waals surface area contributed by atoms with Gasteiger partial charge in [0.15, 0.2) is 0 Å². The van der Waals surface area contributed by atoms with Crippen LogP contribution in [0.15, 0.2) is 12.1 Å². The zero-order valence-electron chi connectivity index (χ0n) is 7.39. The molecular weight excluding hydrogens is 209 g/mol. The van der Waals surface area contributed by atoms with Gasteiger partial charge in [-0.05, 0) is 19.1 Å². The van der Waals surface area contributed by atoms with Crippen molar-refractivity contribution in [3.8, 4) is 0 Å². The molecule has 13 heavy (non-hydrogen) atoms. The lowest BCUT2D eigenvalue weighted by Gasteiger charge is -2.03. The summed E-state index contributed by atoms with van der Waals surface area (Å²) in [5.74, 6) is 0. The number of rotatable bonds is 4. The number of ether oxygens (including phenoxy) is 1. The van der Waals surface area contributed by atoms with E-state index in [1.54, 1.807) is 12.1 Å². The zero-order chi connectivity index (χ0) is 9.68. The van der Waals surface area contributed by atoms with Gasteiger partial charge in [-0.3, -0.25) is 0 Å². The van der Waals surface area contributed by atoms with Gasteiger partial charge in [-0.15, -0.1) is 0 Å². The standard InChI is InChI=1S/C9H11Cl2NO/c1-2-13-6-5-8-7(10)3-4-9(11)12-8/h3-4H,2,5-6H2,1H3. The van der Waals surface area contributed by atoms with E-state index in [4.69, 9.17) is 27.9 Å². The molecule has 1 aromatic rings. The van der Waals surface area contributed by atoms with Crippen LogP contribution in [-0.4, -0.2) is 18.2 Å². The molecule has 72 valence electrons. The number of aromatic nitrogens is 1. The monoisotopic (exact) mass is 219 g/mol. The van der Waals surface area contributed by atoms with Gasteiger partial charge in [-0.25, -0.2) is 4.98 Å². The second-order valence-electron chi connectivity index (χ2n) is 2.51. The summed E-state index contributed by atoms with van der Waals surface area (Å²) in [5, 5.41) is 1.11. The minimum atomic E-state index is 0.468. The predicted molar refractivity (Wildman–Crippen MR) is 54.5 cm³/mol. The Hall–Kier alpha value is -0.310. The van der Waals surface area contributed by atoms with E-state index in [2.05, 4.69) is 4.98 Å². The van der Waals surface area contributed by atoms with E-state index in [9.17, 15) is 0 Å². The molecule has 2 nitrogen and oxygen atoms in total. The molecule has 0 fully saturated rings. The highest BCUT2D eigenvalue weighted by molar-refractivity contribution is 6.32. The number of hydrogen-bond donors (Lipinski definition) is 0. The summed E-state index contributed by atoms with van der Waals surface area (Å²) in [5.41, 5.74) is 0.794. The summed E-state index contributed by atoms with van der Waals surface area (Å²) >= 11 is 11.6. The van der Waals surface area contributed by atoms with Crippen LogP contribution in [0.4, 0.5) is 0 Å². The predicted octanol–water partition coefficient (Wildman–Crippen LogP) is 2.97. The van der Waals surface area contributed by atoms with Crippen LogP contribution in [0.3, 0.4) is 0 Å². The highest BCUT2D eigenvalue weighted by Crippen LogP contribution is 2.17. The van der Waals surface area contributed by atoms with Gasteiger partial charge in [0.1, 0.15) is 5.15 Å². The third-order valence-electron chi connectivity index (χ3n) is 1.57. The van der Waals surface area contributed by atoms with Gasteiger partial charge in [0.2, 0.25) is 0 Å². The van der Waals surface area contributed by atoms with Crippen LogP contribution < -0.4 is 0 Å². The van der Waals surface area contributed by atoms with E-state index in [-0.39, 0.29) is 0 Å². The highest BCUT2D eigenvalue weighted by Gasteiger charge is 2.02. The van der Waals surface area contributed by atoms with E-state index < -0.39 is 0 Å². The minimum Gasteiger partial charge on any atom is -0.381 e. The van der Waals surface area contributed by atoms with Crippen LogP contribution in [0.2, 0.25) is 10.2 Å². The van der Waals surface area contributed by atoms with E-state index >= 15 is 0 Å². The molecule has 4 heteroatoms. The maximum absolute atomic E-state index is 5.90. The molecule has 0 amide bonds. The summed E-state index contributed by atoms with van der Waals surface area (Å²) < 4.78 is 5.19. The number of hydrogen-bond acceptors (Lipinski definition) is 2. The first-order valence-electron chi connectivity index (χ1n) is 4.12. The first-order valence-corrected chi connectivity index (χ1v) is 4.88. The molecule has 0 radical (unpaired) electrons. The number of nitrogens with zero attached hydrogens (tertiary/aromatic N) is 1. The van der Waals surface area contributed by atoms with Crippen molar-refractivity contribution in [2.75, 3.05) is 13.2 Å². The average molecular weight is 220 g/mol. The van der Waals surface area contributed by atoms with Crippen LogP contribution in [0.1, 0.15) is 12.6 Å². The maximum Gasteiger partial charge on any atom is 0.129 e. The smallest absolute Gasteiger partial charge is 0.129 e. The molecule has 0 aliphatic rings. The lowest BCUT2D eigenvalue weighted by molar-refractivity contribution is 0.150. The molecule has 0 spiro atoms. The Morgan fingerprint density at radius 1 is 1.38 bits per heavy atom. The lowest BCUT2D eigenvalue weighted by atomic mass is 10.3. The van der Waals surface area contributed by atoms with Crippen LogP contribution in [-0.2, 0) is 11.2 Å². The molecule has 0 unspecified atom stereocenters. The van der Waals surface area contributed by atoms with Crippen LogP contribution in [0, 0.1) is 0 Å². The van der Waals surface area contributed by atoms with Crippen molar-refractivity contribution in [2.45, 2.75) is 13.3 Å². The van der Waals surface area contributed by atoms with Gasteiger partial charge in [-0.2, -0.15) is 0 Å². The molecule has 0 N–H and O–H groups in total. The number of pyridine rings is 1. The maximum atomic E-state index is 5.90. The Balaban J connectivity index is 2.59. The first-order chi connectivity index (χ1) is 6.24. The molecule has 0 aliphatic carbocycles. The summed E-state index contributed by atoms with van der Waals surface area (Å²) in [6.07, 6.45) is 0.702. The van der Waals surface area contributed by atoms with Crippen molar-refractivity contribution in [2.24, 2.45) is 0 Å². The van der Waals surface area contributed by atoms with E-state index in [0.29, 0.717) is 29.8 Å². The van der Waals surface area contributed by atoms with Crippen molar-refractivity contribution in [1.82, 2.24) is 4.98 Å². The molecule has 1 aromatic heterocycles. The molecule has 0 aliphatic heterocycles. The first kappa shape index (κ1) is 10.8. The second kappa shape index (κ2) is 5.43. The molecule has 0 atom stereocenters. The fourth-order valence-electron chi connectivity index (χ4n) is 0.946. The topological polar surface area (TPSA) is 22.1 Å². The highest BCUT2D eigenvalue weighted by atomic mass is 35.5. The molecule has 0 aromatic carbocycles. The number of halogens is 2. The largest absolute Gasteiger partial charge is 0.381 e. The van der Waals surface area contributed by atoms with E-state index in [1.807, 2.05) is 6.92 Å². The van der Waals surface area contributed by atoms with E-state index in [1.165, 1.54) is 0 Å². The molecule has 0 saturated heterocycles. The minimum absolute atomic E-state index is 0.468. The van der Waals surface area contributed by atoms with Crippen molar-refractivity contribution < 1.29 is 4.74 Å². The quantitative estimate of drug-likeness (QED) is 0.574. The van der Waals surface area contributed by atoms with Crippen molar-refractivity contribution in [3.05, 3.63) is 28.0 Å². The molecule has 1 rings (SSSR count). The van der Waals surface area contributed by atoms with Crippen LogP contribution in [0.25, 0.3) is 0 Å². The Bertz CT molecular complexity index is 278. The summed E-state index contributed by atoms with van der Waals surface area (Å²) in [6.45, 7) is 3.29. The van der Waals surface area contributed by atoms with Gasteiger partial charge < -0.3 is 4.74 Å². The van der Waals surface area contributed by atoms with Crippen molar-refractivity contribution in [1.29, 1.82) is 0 Å². The molecule has 1 heterocycles. The van der Waals surface area contributed by atoms with Crippen LogP contribution >= 0.6 is 23.2 Å². The second-order valence-corrected chi connectivity index (χ2v) is 3.30. The Kier molecular flexibility index (Phi) is 4.50. The van der Waals surface area contributed by atoms with Gasteiger partial charge in [0.25, 0.3) is 0 Å². The normalized spacial score (nSPS) is 10.4. The molecular formula is C9H11Cl2NO. The Morgan fingerprint density at radius 3 is 2.85 bits per heavy atom. The fraction of sp³-hybridized carbons (Fsp3) is 0.444. The Morgan fingerprint density at radius 2 is 2.15 bits per heavy atom. The summed E-state index contributed by atoms with van der Waals surface area (Å²) in [4.78, 5) is 4.10. The molecule has 0 saturated carbocycles. The summed E-state index contributed by atoms with van der Waals surface area (Å²) in [7, 11) is 0. The SMILES string of the molecule is CCOCCc1nc(Cl)ccc1Cl. The van der Waals surface area contributed by atoms with E-state index in [0.717, 1.165) is 5.69 Å². The Labute approximate surface area is 87.8 Å². The van der Waals surface area contributed by atoms with Crippen molar-refractivity contribution in [3.63, 3.8) is 0 Å². The van der Waals surface area contributed by atoms with Gasteiger partial charge in [-0.1, -0.05) is 23.2 Å². The summed E-state index contributed by atoms with van der Waals surface area (Å²) in [6, 6.07) is 3.42. The van der Waals surface area contributed by atoms with Gasteiger partial charge in [0.05, 0.1) is 17.3 Å². The lowest BCUT2D eigenvalue weighted by Crippen LogP contribution is -2.00. The molecule has 0 bridgehead atoms. The van der Waals surface area contributed by atoms with Crippen molar-refractivity contribution >= 4 is 23.2 Å². The van der Waals surface area contributed by atoms with Crippen LogP contribution in [0.5, 0.6) is 0 Å². The average Bonchev–Trinajstić information content (AvgIpc) is 2.11. The fourth-order valence-corrected chi connectivity index (χ4v) is 1.31. The van der Waals surface area contributed by atoms with Gasteiger partial charge in [0, 0.05) is 13.0 Å².